The first kappa shape index (κ1) is 13.9. The molecule has 1 aromatic rings. The molecular formula is C14H18F2N2O. The molecule has 2 rings (SSSR count). The van der Waals surface area contributed by atoms with Crippen LogP contribution in [0.5, 0.6) is 0 Å². The number of hydrogen-bond acceptors (Lipinski definition) is 2. The Hall–Kier alpha value is -1.49. The van der Waals surface area contributed by atoms with E-state index in [1.54, 1.807) is 0 Å². The lowest BCUT2D eigenvalue weighted by atomic mass is 9.92. The predicted octanol–water partition coefficient (Wildman–Crippen LogP) is 2.08. The SMILES string of the molecule is CC(NC(=O)c1c(F)cccc1F)C1CCCNC1. The quantitative estimate of drug-likeness (QED) is 0.881. The van der Waals surface area contributed by atoms with E-state index in [0.717, 1.165) is 38.1 Å². The number of hydrogen-bond donors (Lipinski definition) is 2. The number of amides is 1. The van der Waals surface area contributed by atoms with Crippen LogP contribution in [0.15, 0.2) is 18.2 Å². The molecule has 2 unspecified atom stereocenters. The normalized spacial score (nSPS) is 20.9. The van der Waals surface area contributed by atoms with Crippen molar-refractivity contribution >= 4 is 5.91 Å². The zero-order chi connectivity index (χ0) is 13.8. The molecule has 1 fully saturated rings. The highest BCUT2D eigenvalue weighted by atomic mass is 19.1. The summed E-state index contributed by atoms with van der Waals surface area (Å²) in [5.74, 6) is -2.04. The molecule has 0 aromatic heterocycles. The summed E-state index contributed by atoms with van der Waals surface area (Å²) >= 11 is 0. The third-order valence-electron chi connectivity index (χ3n) is 3.59. The maximum Gasteiger partial charge on any atom is 0.257 e. The first-order chi connectivity index (χ1) is 9.09. The average molecular weight is 268 g/mol. The Kier molecular flexibility index (Phi) is 4.47. The fourth-order valence-electron chi connectivity index (χ4n) is 2.42. The molecule has 19 heavy (non-hydrogen) atoms. The minimum Gasteiger partial charge on any atom is -0.349 e. The van der Waals surface area contributed by atoms with Gasteiger partial charge in [-0.05, 0) is 50.9 Å². The van der Waals surface area contributed by atoms with Crippen molar-refractivity contribution in [3.8, 4) is 0 Å². The van der Waals surface area contributed by atoms with E-state index < -0.39 is 23.1 Å². The van der Waals surface area contributed by atoms with Crippen LogP contribution in [0.2, 0.25) is 0 Å². The van der Waals surface area contributed by atoms with Gasteiger partial charge in [0.05, 0.1) is 0 Å². The molecule has 1 aliphatic heterocycles. The van der Waals surface area contributed by atoms with Crippen LogP contribution < -0.4 is 10.6 Å². The van der Waals surface area contributed by atoms with Crippen LogP contribution in [-0.2, 0) is 0 Å². The number of nitrogens with one attached hydrogen (secondary N) is 2. The van der Waals surface area contributed by atoms with Crippen molar-refractivity contribution in [1.29, 1.82) is 0 Å². The summed E-state index contributed by atoms with van der Waals surface area (Å²) in [6.45, 7) is 3.68. The summed E-state index contributed by atoms with van der Waals surface area (Å²) in [7, 11) is 0. The van der Waals surface area contributed by atoms with Gasteiger partial charge in [0.1, 0.15) is 17.2 Å². The zero-order valence-electron chi connectivity index (χ0n) is 10.9. The molecule has 1 amide bonds. The fraction of sp³-hybridized carbons (Fsp3) is 0.500. The van der Waals surface area contributed by atoms with E-state index >= 15 is 0 Å². The molecule has 1 heterocycles. The maximum atomic E-state index is 13.5. The van der Waals surface area contributed by atoms with Crippen molar-refractivity contribution in [2.45, 2.75) is 25.8 Å². The second kappa shape index (κ2) is 6.10. The summed E-state index contributed by atoms with van der Waals surface area (Å²) in [6, 6.07) is 3.31. The second-order valence-corrected chi connectivity index (χ2v) is 4.97. The second-order valence-electron chi connectivity index (χ2n) is 4.97. The van der Waals surface area contributed by atoms with Gasteiger partial charge in [-0.2, -0.15) is 0 Å². The molecule has 1 aliphatic rings. The minimum absolute atomic E-state index is 0.112. The third-order valence-corrected chi connectivity index (χ3v) is 3.59. The summed E-state index contributed by atoms with van der Waals surface area (Å²) in [6.07, 6.45) is 2.06. The number of piperidine rings is 1. The van der Waals surface area contributed by atoms with E-state index in [4.69, 9.17) is 0 Å². The standard InChI is InChI=1S/C14H18F2N2O/c1-9(10-4-3-7-17-8-10)18-14(19)13-11(15)5-2-6-12(13)16/h2,5-6,9-10,17H,3-4,7-8H2,1H3,(H,18,19). The van der Waals surface area contributed by atoms with Gasteiger partial charge in [0, 0.05) is 6.04 Å². The highest BCUT2D eigenvalue weighted by molar-refractivity contribution is 5.94. The molecule has 1 aromatic carbocycles. The topological polar surface area (TPSA) is 41.1 Å². The van der Waals surface area contributed by atoms with Gasteiger partial charge in [-0.25, -0.2) is 8.78 Å². The van der Waals surface area contributed by atoms with E-state index in [2.05, 4.69) is 10.6 Å². The molecule has 0 bridgehead atoms. The van der Waals surface area contributed by atoms with Gasteiger partial charge >= 0.3 is 0 Å². The van der Waals surface area contributed by atoms with Gasteiger partial charge in [0.15, 0.2) is 0 Å². The lowest BCUT2D eigenvalue weighted by Gasteiger charge is -2.29. The zero-order valence-corrected chi connectivity index (χ0v) is 10.9. The molecule has 104 valence electrons. The smallest absolute Gasteiger partial charge is 0.257 e. The van der Waals surface area contributed by atoms with Gasteiger partial charge in [-0.1, -0.05) is 6.07 Å². The van der Waals surface area contributed by atoms with E-state index in [9.17, 15) is 13.6 Å². The molecule has 2 atom stereocenters. The Bertz CT molecular complexity index is 439. The molecule has 3 nitrogen and oxygen atoms in total. The van der Waals surface area contributed by atoms with Crippen LogP contribution >= 0.6 is 0 Å². The Morgan fingerprint density at radius 3 is 2.68 bits per heavy atom. The number of carbonyl (C=O) groups excluding carboxylic acids is 1. The van der Waals surface area contributed by atoms with Crippen LogP contribution in [-0.4, -0.2) is 25.0 Å². The number of carbonyl (C=O) groups is 1. The van der Waals surface area contributed by atoms with Gasteiger partial charge in [0.25, 0.3) is 5.91 Å². The van der Waals surface area contributed by atoms with Gasteiger partial charge in [-0.3, -0.25) is 4.79 Å². The molecule has 0 spiro atoms. The summed E-state index contributed by atoms with van der Waals surface area (Å²) in [5.41, 5.74) is -0.502. The van der Waals surface area contributed by atoms with E-state index in [1.165, 1.54) is 6.07 Å². The van der Waals surface area contributed by atoms with Crippen molar-refractivity contribution in [2.24, 2.45) is 5.92 Å². The monoisotopic (exact) mass is 268 g/mol. The molecular weight excluding hydrogens is 250 g/mol. The molecule has 5 heteroatoms. The van der Waals surface area contributed by atoms with E-state index in [0.29, 0.717) is 5.92 Å². The fourth-order valence-corrected chi connectivity index (χ4v) is 2.42. The Morgan fingerprint density at radius 2 is 2.11 bits per heavy atom. The highest BCUT2D eigenvalue weighted by Gasteiger charge is 2.24. The number of rotatable bonds is 3. The highest BCUT2D eigenvalue weighted by Crippen LogP contribution is 2.16. The van der Waals surface area contributed by atoms with Crippen LogP contribution in [0.1, 0.15) is 30.1 Å². The molecule has 1 saturated heterocycles. The van der Waals surface area contributed by atoms with Crippen LogP contribution in [0.4, 0.5) is 8.78 Å². The minimum atomic E-state index is -0.827. The lowest BCUT2D eigenvalue weighted by Crippen LogP contribution is -2.44. The van der Waals surface area contributed by atoms with Crippen molar-refractivity contribution in [3.63, 3.8) is 0 Å². The van der Waals surface area contributed by atoms with E-state index in [-0.39, 0.29) is 6.04 Å². The number of benzene rings is 1. The van der Waals surface area contributed by atoms with Crippen molar-refractivity contribution < 1.29 is 13.6 Å². The third kappa shape index (κ3) is 3.29. The van der Waals surface area contributed by atoms with Gasteiger partial charge in [-0.15, -0.1) is 0 Å². The Balaban J connectivity index is 2.04. The van der Waals surface area contributed by atoms with Gasteiger partial charge in [0.2, 0.25) is 0 Å². The van der Waals surface area contributed by atoms with E-state index in [1.807, 2.05) is 6.92 Å². The first-order valence-electron chi connectivity index (χ1n) is 6.55. The summed E-state index contributed by atoms with van der Waals surface area (Å²) in [4.78, 5) is 11.9. The van der Waals surface area contributed by atoms with Crippen LogP contribution in [0, 0.1) is 17.6 Å². The summed E-state index contributed by atoms with van der Waals surface area (Å²) in [5, 5.41) is 5.94. The molecule has 2 N–H and O–H groups in total. The number of halogens is 2. The summed E-state index contributed by atoms with van der Waals surface area (Å²) < 4.78 is 27.0. The lowest BCUT2D eigenvalue weighted by molar-refractivity contribution is 0.0913. The Labute approximate surface area is 111 Å². The molecule has 0 saturated carbocycles. The Morgan fingerprint density at radius 1 is 1.42 bits per heavy atom. The molecule has 0 radical (unpaired) electrons. The van der Waals surface area contributed by atoms with Crippen LogP contribution in [0.3, 0.4) is 0 Å². The van der Waals surface area contributed by atoms with Gasteiger partial charge < -0.3 is 10.6 Å². The molecule has 0 aliphatic carbocycles. The first-order valence-corrected chi connectivity index (χ1v) is 6.55. The van der Waals surface area contributed by atoms with Crippen molar-refractivity contribution in [2.75, 3.05) is 13.1 Å². The van der Waals surface area contributed by atoms with Crippen molar-refractivity contribution in [1.82, 2.24) is 10.6 Å². The van der Waals surface area contributed by atoms with Crippen LogP contribution in [0.25, 0.3) is 0 Å². The van der Waals surface area contributed by atoms with Crippen molar-refractivity contribution in [3.05, 3.63) is 35.4 Å². The maximum absolute atomic E-state index is 13.5. The average Bonchev–Trinajstić information content (AvgIpc) is 2.39. The largest absolute Gasteiger partial charge is 0.349 e. The predicted molar refractivity (Wildman–Crippen MR) is 68.9 cm³/mol.